The van der Waals surface area contributed by atoms with Crippen molar-refractivity contribution in [2.45, 2.75) is 13.8 Å². The van der Waals surface area contributed by atoms with Gasteiger partial charge in [0.05, 0.1) is 12.3 Å². The van der Waals surface area contributed by atoms with E-state index in [2.05, 4.69) is 29.9 Å². The molecule has 0 unspecified atom stereocenters. The standard InChI is InChI=1S/C5H11N3/c1-4(2)5-3-6-8-7-5/h4,6,8H,3H2,1-2H3. The summed E-state index contributed by atoms with van der Waals surface area (Å²) in [7, 11) is 0. The van der Waals surface area contributed by atoms with Crippen LogP contribution in [-0.2, 0) is 0 Å². The average Bonchev–Trinajstić information content (AvgIpc) is 2.12. The van der Waals surface area contributed by atoms with E-state index in [-0.39, 0.29) is 0 Å². The molecule has 1 aliphatic heterocycles. The summed E-state index contributed by atoms with van der Waals surface area (Å²) in [6.45, 7) is 5.15. The molecular formula is C5H11N3. The van der Waals surface area contributed by atoms with Crippen molar-refractivity contribution >= 4 is 5.71 Å². The molecule has 0 aromatic heterocycles. The number of nitrogens with zero attached hydrogens (tertiary/aromatic N) is 1. The molecule has 46 valence electrons. The Morgan fingerprint density at radius 2 is 2.38 bits per heavy atom. The van der Waals surface area contributed by atoms with Crippen LogP contribution in [0.5, 0.6) is 0 Å². The zero-order chi connectivity index (χ0) is 5.98. The quantitative estimate of drug-likeness (QED) is 0.506. The minimum Gasteiger partial charge on any atom is -0.243 e. The summed E-state index contributed by atoms with van der Waals surface area (Å²) in [5.74, 6) is 0.567. The molecule has 0 saturated heterocycles. The van der Waals surface area contributed by atoms with Crippen molar-refractivity contribution in [3.8, 4) is 0 Å². The molecule has 1 aliphatic rings. The Morgan fingerprint density at radius 1 is 1.62 bits per heavy atom. The number of hydrogen-bond acceptors (Lipinski definition) is 3. The van der Waals surface area contributed by atoms with Gasteiger partial charge in [0.25, 0.3) is 0 Å². The molecule has 0 spiro atoms. The molecule has 2 N–H and O–H groups in total. The van der Waals surface area contributed by atoms with Gasteiger partial charge in [0, 0.05) is 0 Å². The Labute approximate surface area is 49.1 Å². The van der Waals surface area contributed by atoms with E-state index in [9.17, 15) is 0 Å². The predicted molar refractivity (Wildman–Crippen MR) is 33.4 cm³/mol. The van der Waals surface area contributed by atoms with Gasteiger partial charge in [-0.05, 0) is 5.92 Å². The summed E-state index contributed by atoms with van der Waals surface area (Å²) < 4.78 is 0. The monoisotopic (exact) mass is 113 g/mol. The highest BCUT2D eigenvalue weighted by molar-refractivity contribution is 5.88. The Bertz CT molecular complexity index is 106. The number of hydrazone groups is 1. The molecule has 0 aliphatic carbocycles. The SMILES string of the molecule is CC(C)C1=NNNC1. The van der Waals surface area contributed by atoms with E-state index in [4.69, 9.17) is 0 Å². The molecule has 0 aromatic rings. The van der Waals surface area contributed by atoms with E-state index >= 15 is 0 Å². The maximum absolute atomic E-state index is 3.99. The highest BCUT2D eigenvalue weighted by Crippen LogP contribution is 1.96. The first kappa shape index (κ1) is 5.56. The molecule has 0 fully saturated rings. The number of hydrazine groups is 1. The van der Waals surface area contributed by atoms with Crippen LogP contribution in [-0.4, -0.2) is 12.3 Å². The number of rotatable bonds is 1. The van der Waals surface area contributed by atoms with Crippen molar-refractivity contribution in [3.63, 3.8) is 0 Å². The van der Waals surface area contributed by atoms with Crippen LogP contribution in [0.3, 0.4) is 0 Å². The second-order valence-corrected chi connectivity index (χ2v) is 2.22. The Hall–Kier alpha value is -0.570. The Kier molecular flexibility index (Phi) is 1.48. The zero-order valence-corrected chi connectivity index (χ0v) is 5.23. The van der Waals surface area contributed by atoms with Gasteiger partial charge >= 0.3 is 0 Å². The van der Waals surface area contributed by atoms with Gasteiger partial charge in [-0.2, -0.15) is 5.10 Å². The highest BCUT2D eigenvalue weighted by atomic mass is 15.6. The largest absolute Gasteiger partial charge is 0.243 e. The van der Waals surface area contributed by atoms with E-state index in [1.54, 1.807) is 0 Å². The molecule has 0 atom stereocenters. The minimum absolute atomic E-state index is 0.567. The number of nitrogens with one attached hydrogen (secondary N) is 2. The van der Waals surface area contributed by atoms with Crippen LogP contribution in [0.4, 0.5) is 0 Å². The van der Waals surface area contributed by atoms with Gasteiger partial charge in [-0.1, -0.05) is 13.8 Å². The van der Waals surface area contributed by atoms with Crippen molar-refractivity contribution in [1.82, 2.24) is 11.0 Å². The molecule has 0 bridgehead atoms. The van der Waals surface area contributed by atoms with Crippen LogP contribution in [0.2, 0.25) is 0 Å². The van der Waals surface area contributed by atoms with Gasteiger partial charge in [0.2, 0.25) is 0 Å². The Balaban J connectivity index is 2.45. The summed E-state index contributed by atoms with van der Waals surface area (Å²) in [6, 6.07) is 0. The van der Waals surface area contributed by atoms with Gasteiger partial charge in [0.15, 0.2) is 0 Å². The molecule has 1 heterocycles. The lowest BCUT2D eigenvalue weighted by atomic mass is 10.1. The average molecular weight is 113 g/mol. The van der Waals surface area contributed by atoms with Crippen LogP contribution in [0.15, 0.2) is 5.10 Å². The normalized spacial score (nSPS) is 18.6. The zero-order valence-electron chi connectivity index (χ0n) is 5.23. The van der Waals surface area contributed by atoms with Gasteiger partial charge in [-0.25, -0.2) is 11.0 Å². The molecule has 3 heteroatoms. The fourth-order valence-corrected chi connectivity index (χ4v) is 0.614. The highest BCUT2D eigenvalue weighted by Gasteiger charge is 2.07. The van der Waals surface area contributed by atoms with E-state index in [0.717, 1.165) is 6.54 Å². The third-order valence-corrected chi connectivity index (χ3v) is 1.21. The topological polar surface area (TPSA) is 36.4 Å². The second-order valence-electron chi connectivity index (χ2n) is 2.22. The van der Waals surface area contributed by atoms with E-state index < -0.39 is 0 Å². The lowest BCUT2D eigenvalue weighted by Gasteiger charge is -1.98. The molecule has 3 nitrogen and oxygen atoms in total. The summed E-state index contributed by atoms with van der Waals surface area (Å²) in [4.78, 5) is 0. The summed E-state index contributed by atoms with van der Waals surface area (Å²) in [6.07, 6.45) is 0. The first-order chi connectivity index (χ1) is 3.80. The van der Waals surface area contributed by atoms with Gasteiger partial charge in [-0.15, -0.1) is 0 Å². The second kappa shape index (κ2) is 2.13. The fourth-order valence-electron chi connectivity index (χ4n) is 0.614. The third kappa shape index (κ3) is 0.980. The Morgan fingerprint density at radius 3 is 2.62 bits per heavy atom. The molecule has 0 amide bonds. The van der Waals surface area contributed by atoms with Crippen molar-refractivity contribution in [2.24, 2.45) is 11.0 Å². The first-order valence-corrected chi connectivity index (χ1v) is 2.85. The maximum atomic E-state index is 3.99. The van der Waals surface area contributed by atoms with E-state index in [1.807, 2.05) is 0 Å². The van der Waals surface area contributed by atoms with Gasteiger partial charge < -0.3 is 0 Å². The molecule has 1 rings (SSSR count). The lowest BCUT2D eigenvalue weighted by Crippen LogP contribution is -2.23. The molecule has 0 saturated carbocycles. The smallest absolute Gasteiger partial charge is 0.0576 e. The van der Waals surface area contributed by atoms with Crippen molar-refractivity contribution in [3.05, 3.63) is 0 Å². The maximum Gasteiger partial charge on any atom is 0.0576 e. The minimum atomic E-state index is 0.567. The van der Waals surface area contributed by atoms with Crippen LogP contribution >= 0.6 is 0 Å². The summed E-state index contributed by atoms with van der Waals surface area (Å²) in [5, 5.41) is 3.99. The predicted octanol–water partition coefficient (Wildman–Crippen LogP) is 0.106. The molecule has 8 heavy (non-hydrogen) atoms. The first-order valence-electron chi connectivity index (χ1n) is 2.85. The van der Waals surface area contributed by atoms with Crippen molar-refractivity contribution in [2.75, 3.05) is 6.54 Å². The third-order valence-electron chi connectivity index (χ3n) is 1.21. The fraction of sp³-hybridized carbons (Fsp3) is 0.800. The van der Waals surface area contributed by atoms with Crippen molar-refractivity contribution < 1.29 is 0 Å². The van der Waals surface area contributed by atoms with Gasteiger partial charge in [-0.3, -0.25) is 0 Å². The molecular weight excluding hydrogens is 102 g/mol. The lowest BCUT2D eigenvalue weighted by molar-refractivity contribution is 0.652. The van der Waals surface area contributed by atoms with Crippen LogP contribution in [0.25, 0.3) is 0 Å². The number of hydrogen-bond donors (Lipinski definition) is 2. The molecule has 0 aromatic carbocycles. The summed E-state index contributed by atoms with van der Waals surface area (Å²) >= 11 is 0. The van der Waals surface area contributed by atoms with E-state index in [0.29, 0.717) is 5.92 Å². The van der Waals surface area contributed by atoms with Gasteiger partial charge in [0.1, 0.15) is 0 Å². The van der Waals surface area contributed by atoms with Crippen LogP contribution < -0.4 is 11.0 Å². The van der Waals surface area contributed by atoms with Crippen molar-refractivity contribution in [1.29, 1.82) is 0 Å². The van der Waals surface area contributed by atoms with E-state index in [1.165, 1.54) is 5.71 Å². The van der Waals surface area contributed by atoms with Crippen LogP contribution in [0, 0.1) is 5.92 Å². The summed E-state index contributed by atoms with van der Waals surface area (Å²) in [5.41, 5.74) is 6.79. The van der Waals surface area contributed by atoms with Crippen LogP contribution in [0.1, 0.15) is 13.8 Å². The molecule has 0 radical (unpaired) electrons.